The Labute approximate surface area is 222 Å². The van der Waals surface area contributed by atoms with E-state index in [0.29, 0.717) is 58.1 Å². The molecule has 0 radical (unpaired) electrons. The number of ether oxygens (including phenoxy) is 1. The van der Waals surface area contributed by atoms with Crippen LogP contribution in [0.3, 0.4) is 0 Å². The number of carbonyl (C=O) groups is 3. The normalized spacial score (nSPS) is 19.1. The molecule has 2 saturated heterocycles. The molecule has 3 aromatic rings. The number of fused-ring (bicyclic) bond motifs is 1. The van der Waals surface area contributed by atoms with E-state index >= 15 is 0 Å². The first-order chi connectivity index (χ1) is 17.4. The van der Waals surface area contributed by atoms with Gasteiger partial charge in [0.1, 0.15) is 0 Å². The van der Waals surface area contributed by atoms with Gasteiger partial charge in [-0.2, -0.15) is 0 Å². The van der Waals surface area contributed by atoms with Crippen molar-refractivity contribution in [3.8, 4) is 0 Å². The van der Waals surface area contributed by atoms with E-state index in [9.17, 15) is 14.4 Å². The summed E-state index contributed by atoms with van der Waals surface area (Å²) in [5, 5.41) is 3.31. The second-order valence-electron chi connectivity index (χ2n) is 8.68. The van der Waals surface area contributed by atoms with Crippen LogP contribution in [-0.2, 0) is 4.74 Å². The van der Waals surface area contributed by atoms with Crippen LogP contribution in [0.1, 0.15) is 31.1 Å². The lowest BCUT2D eigenvalue weighted by molar-refractivity contribution is -0.0369. The summed E-state index contributed by atoms with van der Waals surface area (Å²) in [4.78, 5) is 42.4. The lowest BCUT2D eigenvalue weighted by Gasteiger charge is -2.37. The Morgan fingerprint density at radius 3 is 2.39 bits per heavy atom. The SMILES string of the molecule is O=C(Nc1ccc(C(=O)N2C[C@H]3OCCN(C(=O)c4cccc(Cl)c4Br)[C@H]3C2)cc1)c1ccccc1. The molecule has 184 valence electrons. The number of morpholine rings is 1. The fourth-order valence-corrected chi connectivity index (χ4v) is 5.21. The Bertz CT molecular complexity index is 1300. The first-order valence-corrected chi connectivity index (χ1v) is 12.7. The van der Waals surface area contributed by atoms with E-state index in [1.807, 2.05) is 6.07 Å². The van der Waals surface area contributed by atoms with E-state index in [-0.39, 0.29) is 29.9 Å². The molecular weight excluding hydrogens is 546 g/mol. The molecule has 0 saturated carbocycles. The van der Waals surface area contributed by atoms with E-state index in [4.69, 9.17) is 16.3 Å². The Morgan fingerprint density at radius 2 is 1.64 bits per heavy atom. The standard InChI is InChI=1S/C27H23BrClN3O4/c28-24-20(7-4-8-21(24)29)27(35)32-13-14-36-23-16-31(15-22(23)32)26(34)18-9-11-19(12-10-18)30-25(33)17-5-2-1-3-6-17/h1-12,22-23H,13-16H2,(H,30,33)/t22-,23+/m0/s1. The van der Waals surface area contributed by atoms with Gasteiger partial charge in [0.05, 0.1) is 29.3 Å². The minimum Gasteiger partial charge on any atom is -0.372 e. The summed E-state index contributed by atoms with van der Waals surface area (Å²) in [6.07, 6.45) is -0.256. The monoisotopic (exact) mass is 567 g/mol. The van der Waals surface area contributed by atoms with Crippen LogP contribution in [0.5, 0.6) is 0 Å². The predicted molar refractivity (Wildman–Crippen MR) is 140 cm³/mol. The number of rotatable bonds is 4. The Morgan fingerprint density at radius 1 is 0.889 bits per heavy atom. The molecule has 3 amide bonds. The van der Waals surface area contributed by atoms with Crippen LogP contribution in [0.2, 0.25) is 5.02 Å². The molecule has 1 N–H and O–H groups in total. The van der Waals surface area contributed by atoms with E-state index in [1.165, 1.54) is 0 Å². The number of nitrogens with zero attached hydrogens (tertiary/aromatic N) is 2. The van der Waals surface area contributed by atoms with Crippen molar-refractivity contribution in [2.45, 2.75) is 12.1 Å². The smallest absolute Gasteiger partial charge is 0.255 e. The molecule has 2 fully saturated rings. The van der Waals surface area contributed by atoms with Crippen LogP contribution in [-0.4, -0.2) is 65.9 Å². The second kappa shape index (κ2) is 10.4. The van der Waals surface area contributed by atoms with Gasteiger partial charge in [0.25, 0.3) is 17.7 Å². The van der Waals surface area contributed by atoms with Gasteiger partial charge in [-0.25, -0.2) is 0 Å². The van der Waals surface area contributed by atoms with Crippen molar-refractivity contribution in [1.29, 1.82) is 0 Å². The van der Waals surface area contributed by atoms with Crippen molar-refractivity contribution < 1.29 is 19.1 Å². The average molecular weight is 569 g/mol. The summed E-state index contributed by atoms with van der Waals surface area (Å²) >= 11 is 9.61. The molecule has 36 heavy (non-hydrogen) atoms. The van der Waals surface area contributed by atoms with Crippen LogP contribution < -0.4 is 5.32 Å². The van der Waals surface area contributed by atoms with Crippen molar-refractivity contribution in [2.75, 3.05) is 31.6 Å². The fourth-order valence-electron chi connectivity index (χ4n) is 4.60. The number of anilines is 1. The van der Waals surface area contributed by atoms with Gasteiger partial charge in [0, 0.05) is 40.9 Å². The summed E-state index contributed by atoms with van der Waals surface area (Å²) in [7, 11) is 0. The van der Waals surface area contributed by atoms with Gasteiger partial charge >= 0.3 is 0 Å². The zero-order valence-corrected chi connectivity index (χ0v) is 21.5. The van der Waals surface area contributed by atoms with Crippen LogP contribution >= 0.6 is 27.5 Å². The highest BCUT2D eigenvalue weighted by molar-refractivity contribution is 9.10. The molecule has 7 nitrogen and oxygen atoms in total. The molecule has 2 aliphatic heterocycles. The quantitative estimate of drug-likeness (QED) is 0.494. The summed E-state index contributed by atoms with van der Waals surface area (Å²) in [6, 6.07) is 20.7. The van der Waals surface area contributed by atoms with Gasteiger partial charge in [-0.1, -0.05) is 35.9 Å². The predicted octanol–water partition coefficient (Wildman–Crippen LogP) is 4.72. The van der Waals surface area contributed by atoms with E-state index in [0.717, 1.165) is 0 Å². The lowest BCUT2D eigenvalue weighted by Crippen LogP contribution is -2.53. The topological polar surface area (TPSA) is 79.0 Å². The molecule has 0 aliphatic carbocycles. The van der Waals surface area contributed by atoms with Crippen molar-refractivity contribution >= 4 is 50.9 Å². The van der Waals surface area contributed by atoms with Gasteiger partial charge in [0.2, 0.25) is 0 Å². The first-order valence-electron chi connectivity index (χ1n) is 11.5. The number of benzene rings is 3. The average Bonchev–Trinajstić information content (AvgIpc) is 3.35. The molecule has 2 aliphatic rings. The third-order valence-corrected chi connectivity index (χ3v) is 7.85. The summed E-state index contributed by atoms with van der Waals surface area (Å²) in [6.45, 7) is 1.62. The Balaban J connectivity index is 1.26. The largest absolute Gasteiger partial charge is 0.372 e. The number of amides is 3. The lowest BCUT2D eigenvalue weighted by atomic mass is 10.1. The van der Waals surface area contributed by atoms with Gasteiger partial charge in [0.15, 0.2) is 0 Å². The van der Waals surface area contributed by atoms with Crippen LogP contribution in [0.25, 0.3) is 0 Å². The highest BCUT2D eigenvalue weighted by atomic mass is 79.9. The van der Waals surface area contributed by atoms with Crippen LogP contribution in [0, 0.1) is 0 Å². The minimum absolute atomic E-state index is 0.143. The van der Waals surface area contributed by atoms with Crippen LogP contribution in [0.4, 0.5) is 5.69 Å². The molecule has 9 heteroatoms. The number of hydrogen-bond acceptors (Lipinski definition) is 4. The second-order valence-corrected chi connectivity index (χ2v) is 9.88. The molecule has 0 unspecified atom stereocenters. The maximum atomic E-state index is 13.3. The highest BCUT2D eigenvalue weighted by Gasteiger charge is 2.44. The molecule has 0 aromatic heterocycles. The molecular formula is C27H23BrClN3O4. The molecule has 0 spiro atoms. The van der Waals surface area contributed by atoms with E-state index < -0.39 is 0 Å². The highest BCUT2D eigenvalue weighted by Crippen LogP contribution is 2.31. The zero-order chi connectivity index (χ0) is 25.2. The number of nitrogens with one attached hydrogen (secondary N) is 1. The minimum atomic E-state index is -0.256. The van der Waals surface area contributed by atoms with E-state index in [1.54, 1.807) is 76.5 Å². The molecule has 2 atom stereocenters. The Kier molecular flexibility index (Phi) is 7.09. The Hall–Kier alpha value is -3.20. The summed E-state index contributed by atoms with van der Waals surface area (Å²) in [5.41, 5.74) is 2.15. The molecule has 5 rings (SSSR count). The molecule has 3 aromatic carbocycles. The maximum absolute atomic E-state index is 13.3. The summed E-state index contributed by atoms with van der Waals surface area (Å²) < 4.78 is 6.48. The number of carbonyl (C=O) groups excluding carboxylic acids is 3. The number of hydrogen-bond donors (Lipinski definition) is 1. The third-order valence-electron chi connectivity index (χ3n) is 6.46. The van der Waals surface area contributed by atoms with Crippen molar-refractivity contribution in [3.05, 3.63) is 99.0 Å². The number of halogens is 2. The van der Waals surface area contributed by atoms with Crippen molar-refractivity contribution in [2.24, 2.45) is 0 Å². The fraction of sp³-hybridized carbons (Fsp3) is 0.222. The van der Waals surface area contributed by atoms with E-state index in [2.05, 4.69) is 21.2 Å². The number of likely N-dealkylation sites (tertiary alicyclic amines) is 1. The molecule has 2 heterocycles. The van der Waals surface area contributed by atoms with Gasteiger partial charge in [-0.05, 0) is 64.5 Å². The third kappa shape index (κ3) is 4.89. The zero-order valence-electron chi connectivity index (χ0n) is 19.2. The van der Waals surface area contributed by atoms with Gasteiger partial charge < -0.3 is 19.9 Å². The molecule has 0 bridgehead atoms. The maximum Gasteiger partial charge on any atom is 0.255 e. The van der Waals surface area contributed by atoms with Crippen molar-refractivity contribution in [1.82, 2.24) is 9.80 Å². The van der Waals surface area contributed by atoms with Crippen molar-refractivity contribution in [3.63, 3.8) is 0 Å². The van der Waals surface area contributed by atoms with Crippen LogP contribution in [0.15, 0.2) is 77.3 Å². The summed E-state index contributed by atoms with van der Waals surface area (Å²) in [5.74, 6) is -0.507. The first kappa shape index (κ1) is 24.5. The van der Waals surface area contributed by atoms with Gasteiger partial charge in [-0.15, -0.1) is 0 Å². The van der Waals surface area contributed by atoms with Gasteiger partial charge in [-0.3, -0.25) is 14.4 Å².